The minimum atomic E-state index is -0.0701. The van der Waals surface area contributed by atoms with E-state index in [0.29, 0.717) is 18.2 Å². The van der Waals surface area contributed by atoms with Crippen molar-refractivity contribution in [3.8, 4) is 11.7 Å². The Morgan fingerprint density at radius 1 is 1.11 bits per heavy atom. The standard InChI is InChI=1S/C20H21N5O2/c1-11-9-12(2)22-20(21-11)25-19-18(13(3)24-25)16(10-17(26)23-19)14-5-7-15(27-4)8-6-14/h5-9,16H,10H2,1-4H3,(H,23,26)/t16-/m1/s1. The molecule has 7 heteroatoms. The lowest BCUT2D eigenvalue weighted by Gasteiger charge is -2.24. The summed E-state index contributed by atoms with van der Waals surface area (Å²) in [6, 6.07) is 9.72. The second-order valence-electron chi connectivity index (χ2n) is 6.79. The Hall–Kier alpha value is -3.22. The first kappa shape index (κ1) is 17.2. The van der Waals surface area contributed by atoms with Gasteiger partial charge in [-0.25, -0.2) is 9.97 Å². The van der Waals surface area contributed by atoms with E-state index in [9.17, 15) is 4.79 Å². The van der Waals surface area contributed by atoms with Gasteiger partial charge in [0.15, 0.2) is 0 Å². The van der Waals surface area contributed by atoms with Crippen LogP contribution in [0.15, 0.2) is 30.3 Å². The molecule has 1 aliphatic heterocycles. The first-order valence-electron chi connectivity index (χ1n) is 8.82. The number of aryl methyl sites for hydroxylation is 3. The van der Waals surface area contributed by atoms with Crippen molar-refractivity contribution in [1.29, 1.82) is 0 Å². The maximum absolute atomic E-state index is 12.4. The SMILES string of the molecule is COc1ccc([C@H]2CC(=O)Nc3c2c(C)nn3-c2nc(C)cc(C)n2)cc1. The number of methoxy groups -OCH3 is 1. The minimum Gasteiger partial charge on any atom is -0.497 e. The van der Waals surface area contributed by atoms with Crippen LogP contribution in [0.5, 0.6) is 5.75 Å². The molecule has 3 heterocycles. The first-order chi connectivity index (χ1) is 13.0. The highest BCUT2D eigenvalue weighted by Crippen LogP contribution is 2.40. The third-order valence-electron chi connectivity index (χ3n) is 4.78. The number of nitrogens with one attached hydrogen (secondary N) is 1. The number of hydrogen-bond donors (Lipinski definition) is 1. The molecule has 4 rings (SSSR count). The molecule has 0 spiro atoms. The summed E-state index contributed by atoms with van der Waals surface area (Å²) in [6.45, 7) is 5.78. The molecule has 2 aromatic heterocycles. The maximum atomic E-state index is 12.4. The Bertz CT molecular complexity index is 1000. The van der Waals surface area contributed by atoms with E-state index < -0.39 is 0 Å². The third-order valence-corrected chi connectivity index (χ3v) is 4.78. The molecule has 1 N–H and O–H groups in total. The van der Waals surface area contributed by atoms with Gasteiger partial charge >= 0.3 is 0 Å². The van der Waals surface area contributed by atoms with Gasteiger partial charge in [-0.1, -0.05) is 12.1 Å². The first-order valence-corrected chi connectivity index (χ1v) is 8.82. The van der Waals surface area contributed by atoms with Crippen molar-refractivity contribution in [2.75, 3.05) is 12.4 Å². The van der Waals surface area contributed by atoms with E-state index in [1.807, 2.05) is 51.1 Å². The van der Waals surface area contributed by atoms with Gasteiger partial charge < -0.3 is 10.1 Å². The molecule has 27 heavy (non-hydrogen) atoms. The van der Waals surface area contributed by atoms with Crippen LogP contribution in [-0.4, -0.2) is 32.8 Å². The summed E-state index contributed by atoms with van der Waals surface area (Å²) in [5, 5.41) is 7.61. The zero-order valence-corrected chi connectivity index (χ0v) is 15.8. The number of anilines is 1. The molecule has 1 aliphatic rings. The fourth-order valence-electron chi connectivity index (χ4n) is 3.61. The van der Waals surface area contributed by atoms with Gasteiger partial charge in [0.2, 0.25) is 5.91 Å². The van der Waals surface area contributed by atoms with E-state index in [2.05, 4.69) is 20.4 Å². The zero-order valence-electron chi connectivity index (χ0n) is 15.8. The third kappa shape index (κ3) is 3.05. The molecule has 0 unspecified atom stereocenters. The Morgan fingerprint density at radius 2 is 1.78 bits per heavy atom. The summed E-state index contributed by atoms with van der Waals surface area (Å²) in [6.07, 6.45) is 0.375. The summed E-state index contributed by atoms with van der Waals surface area (Å²) in [4.78, 5) is 21.4. The lowest BCUT2D eigenvalue weighted by molar-refractivity contribution is -0.116. The van der Waals surface area contributed by atoms with Gasteiger partial charge in [0.1, 0.15) is 11.6 Å². The minimum absolute atomic E-state index is 0.0474. The van der Waals surface area contributed by atoms with Crippen LogP contribution in [0.3, 0.4) is 0 Å². The van der Waals surface area contributed by atoms with Crippen LogP contribution < -0.4 is 10.1 Å². The van der Waals surface area contributed by atoms with Gasteiger partial charge in [-0.3, -0.25) is 4.79 Å². The molecule has 3 aromatic rings. The summed E-state index contributed by atoms with van der Waals surface area (Å²) in [5.41, 5.74) is 4.62. The van der Waals surface area contributed by atoms with Gasteiger partial charge in [-0.05, 0) is 44.5 Å². The van der Waals surface area contributed by atoms with Gasteiger partial charge in [0.25, 0.3) is 5.95 Å². The van der Waals surface area contributed by atoms with E-state index in [-0.39, 0.29) is 11.8 Å². The lowest BCUT2D eigenvalue weighted by Crippen LogP contribution is -2.25. The molecule has 138 valence electrons. The Labute approximate surface area is 157 Å². The van der Waals surface area contributed by atoms with Crippen LogP contribution in [-0.2, 0) is 4.79 Å². The van der Waals surface area contributed by atoms with Crippen molar-refractivity contribution in [1.82, 2.24) is 19.7 Å². The van der Waals surface area contributed by atoms with E-state index >= 15 is 0 Å². The molecule has 1 aromatic carbocycles. The van der Waals surface area contributed by atoms with Crippen LogP contribution in [0.1, 0.15) is 40.5 Å². The normalized spacial score (nSPS) is 16.0. The molecule has 0 saturated heterocycles. The molecule has 0 fully saturated rings. The predicted octanol–water partition coefficient (Wildman–Crippen LogP) is 3.07. The van der Waals surface area contributed by atoms with Crippen molar-refractivity contribution in [3.05, 3.63) is 58.5 Å². The largest absolute Gasteiger partial charge is 0.497 e. The summed E-state index contributed by atoms with van der Waals surface area (Å²) >= 11 is 0. The molecule has 7 nitrogen and oxygen atoms in total. The van der Waals surface area contributed by atoms with Gasteiger partial charge in [0, 0.05) is 29.3 Å². The number of hydrogen-bond acceptors (Lipinski definition) is 5. The fourth-order valence-corrected chi connectivity index (χ4v) is 3.61. The van der Waals surface area contributed by atoms with E-state index in [0.717, 1.165) is 34.0 Å². The second kappa shape index (κ2) is 6.50. The summed E-state index contributed by atoms with van der Waals surface area (Å²) < 4.78 is 6.88. The summed E-state index contributed by atoms with van der Waals surface area (Å²) in [7, 11) is 1.64. The predicted molar refractivity (Wildman–Crippen MR) is 101 cm³/mol. The zero-order chi connectivity index (χ0) is 19.1. The molecule has 1 atom stereocenters. The number of carbonyl (C=O) groups is 1. The topological polar surface area (TPSA) is 81.9 Å². The van der Waals surface area contributed by atoms with Crippen molar-refractivity contribution < 1.29 is 9.53 Å². The molecular weight excluding hydrogens is 342 g/mol. The van der Waals surface area contributed by atoms with E-state index in [1.165, 1.54) is 0 Å². The number of fused-ring (bicyclic) bond motifs is 1. The van der Waals surface area contributed by atoms with Gasteiger partial charge in [-0.2, -0.15) is 9.78 Å². The van der Waals surface area contributed by atoms with Crippen LogP contribution in [0.25, 0.3) is 5.95 Å². The second-order valence-corrected chi connectivity index (χ2v) is 6.79. The molecule has 1 amide bonds. The Balaban J connectivity index is 1.85. The Kier molecular flexibility index (Phi) is 4.14. The molecule has 0 radical (unpaired) electrons. The smallest absolute Gasteiger partial charge is 0.252 e. The van der Waals surface area contributed by atoms with Crippen LogP contribution >= 0.6 is 0 Å². The van der Waals surface area contributed by atoms with Crippen molar-refractivity contribution in [2.45, 2.75) is 33.1 Å². The van der Waals surface area contributed by atoms with Crippen LogP contribution in [0, 0.1) is 20.8 Å². The molecule has 0 bridgehead atoms. The number of ether oxygens (including phenoxy) is 1. The van der Waals surface area contributed by atoms with Crippen molar-refractivity contribution in [2.24, 2.45) is 0 Å². The highest BCUT2D eigenvalue weighted by Gasteiger charge is 2.33. The monoisotopic (exact) mass is 363 g/mol. The Morgan fingerprint density at radius 3 is 2.41 bits per heavy atom. The molecule has 0 saturated carbocycles. The molecule has 0 aliphatic carbocycles. The average molecular weight is 363 g/mol. The molecular formula is C20H21N5O2. The van der Waals surface area contributed by atoms with Crippen LogP contribution in [0.2, 0.25) is 0 Å². The number of nitrogens with zero attached hydrogens (tertiary/aromatic N) is 4. The number of benzene rings is 1. The summed E-state index contributed by atoms with van der Waals surface area (Å²) in [5.74, 6) is 1.78. The quantitative estimate of drug-likeness (QED) is 0.773. The number of amides is 1. The average Bonchev–Trinajstić information content (AvgIpc) is 2.97. The number of carbonyl (C=O) groups excluding carboxylic acids is 1. The van der Waals surface area contributed by atoms with Crippen LogP contribution in [0.4, 0.5) is 5.82 Å². The lowest BCUT2D eigenvalue weighted by atomic mass is 9.86. The number of aromatic nitrogens is 4. The van der Waals surface area contributed by atoms with E-state index in [1.54, 1.807) is 11.8 Å². The van der Waals surface area contributed by atoms with Crippen molar-refractivity contribution in [3.63, 3.8) is 0 Å². The highest BCUT2D eigenvalue weighted by atomic mass is 16.5. The van der Waals surface area contributed by atoms with E-state index in [4.69, 9.17) is 4.74 Å². The maximum Gasteiger partial charge on any atom is 0.252 e. The van der Waals surface area contributed by atoms with Crippen molar-refractivity contribution >= 4 is 11.7 Å². The highest BCUT2D eigenvalue weighted by molar-refractivity contribution is 5.95. The van der Waals surface area contributed by atoms with Gasteiger partial charge in [-0.15, -0.1) is 0 Å². The van der Waals surface area contributed by atoms with Gasteiger partial charge in [0.05, 0.1) is 12.8 Å². The number of rotatable bonds is 3. The fraction of sp³-hybridized carbons (Fsp3) is 0.300.